The van der Waals surface area contributed by atoms with Gasteiger partial charge in [0.1, 0.15) is 5.82 Å². The number of hydrogen-bond acceptors (Lipinski definition) is 1. The molecule has 5 heteroatoms. The smallest absolute Gasteiger partial charge is 0.305 e. The molecule has 1 nitrogen and oxygen atoms in total. The van der Waals surface area contributed by atoms with Crippen molar-refractivity contribution in [3.63, 3.8) is 0 Å². The third-order valence-corrected chi connectivity index (χ3v) is 2.45. The van der Waals surface area contributed by atoms with E-state index in [9.17, 15) is 17.6 Å². The van der Waals surface area contributed by atoms with Crippen LogP contribution in [-0.4, -0.2) is 5.54 Å². The molecular weight excluding hydrogens is 246 g/mol. The van der Waals surface area contributed by atoms with Crippen molar-refractivity contribution >= 4 is 0 Å². The molecule has 0 saturated heterocycles. The van der Waals surface area contributed by atoms with Gasteiger partial charge in [-0.25, -0.2) is 4.39 Å². The van der Waals surface area contributed by atoms with Crippen LogP contribution < -0.4 is 5.32 Å². The normalized spacial score (nSPS) is 14.7. The van der Waals surface area contributed by atoms with E-state index in [-0.39, 0.29) is 11.1 Å². The molecule has 1 unspecified atom stereocenters. The van der Waals surface area contributed by atoms with E-state index in [1.54, 1.807) is 6.92 Å². The second kappa shape index (κ2) is 4.88. The van der Waals surface area contributed by atoms with Crippen LogP contribution in [-0.2, 0) is 6.18 Å². The highest BCUT2D eigenvalue weighted by Crippen LogP contribution is 2.34. The summed E-state index contributed by atoms with van der Waals surface area (Å²) in [5.41, 5.74) is -1.50. The van der Waals surface area contributed by atoms with Gasteiger partial charge in [0.05, 0.1) is 5.56 Å². The molecular formula is C13H17F4N. The van der Waals surface area contributed by atoms with Gasteiger partial charge < -0.3 is 5.32 Å². The van der Waals surface area contributed by atoms with E-state index >= 15 is 0 Å². The summed E-state index contributed by atoms with van der Waals surface area (Å²) >= 11 is 0. The van der Waals surface area contributed by atoms with Crippen molar-refractivity contribution in [1.29, 1.82) is 0 Å². The topological polar surface area (TPSA) is 12.0 Å². The first-order chi connectivity index (χ1) is 8.02. The fraction of sp³-hybridized carbons (Fsp3) is 0.538. The van der Waals surface area contributed by atoms with Crippen molar-refractivity contribution in [1.82, 2.24) is 5.32 Å². The van der Waals surface area contributed by atoms with Gasteiger partial charge in [0.2, 0.25) is 0 Å². The Morgan fingerprint density at radius 1 is 1.11 bits per heavy atom. The molecule has 18 heavy (non-hydrogen) atoms. The highest BCUT2D eigenvalue weighted by Gasteiger charge is 2.35. The molecule has 0 saturated carbocycles. The summed E-state index contributed by atoms with van der Waals surface area (Å²) < 4.78 is 51.5. The number of halogens is 4. The highest BCUT2D eigenvalue weighted by atomic mass is 19.4. The van der Waals surface area contributed by atoms with Crippen LogP contribution in [0.25, 0.3) is 0 Å². The summed E-state index contributed by atoms with van der Waals surface area (Å²) in [6.07, 6.45) is -4.67. The van der Waals surface area contributed by atoms with Crippen LogP contribution in [0.5, 0.6) is 0 Å². The van der Waals surface area contributed by atoms with Gasteiger partial charge in [-0.05, 0) is 33.8 Å². The summed E-state index contributed by atoms with van der Waals surface area (Å²) in [4.78, 5) is 0. The van der Waals surface area contributed by atoms with Gasteiger partial charge in [-0.2, -0.15) is 13.2 Å². The van der Waals surface area contributed by atoms with Gasteiger partial charge in [-0.3, -0.25) is 0 Å². The molecule has 0 aromatic heterocycles. The van der Waals surface area contributed by atoms with Crippen LogP contribution in [0.2, 0.25) is 0 Å². The minimum Gasteiger partial charge on any atom is -0.305 e. The van der Waals surface area contributed by atoms with Gasteiger partial charge in [0, 0.05) is 17.1 Å². The third-order valence-electron chi connectivity index (χ3n) is 2.45. The van der Waals surface area contributed by atoms with E-state index in [0.717, 1.165) is 6.07 Å². The molecule has 1 aromatic carbocycles. The minimum atomic E-state index is -4.67. The van der Waals surface area contributed by atoms with Crippen molar-refractivity contribution in [2.45, 2.75) is 45.5 Å². The Bertz CT molecular complexity index is 418. The molecule has 1 N–H and O–H groups in total. The van der Waals surface area contributed by atoms with E-state index < -0.39 is 23.6 Å². The molecule has 0 aliphatic carbocycles. The molecule has 0 aliphatic heterocycles. The Hall–Kier alpha value is -1.10. The average Bonchev–Trinajstić information content (AvgIpc) is 2.12. The maximum atomic E-state index is 13.8. The molecule has 1 atom stereocenters. The molecule has 0 radical (unpaired) electrons. The van der Waals surface area contributed by atoms with E-state index in [1.165, 1.54) is 12.1 Å². The standard InChI is InChI=1S/C13H17F4N/c1-8(18-12(2,3)4)9-6-5-7-10(11(9)14)13(15,16)17/h5-8,18H,1-4H3. The van der Waals surface area contributed by atoms with Crippen molar-refractivity contribution in [3.8, 4) is 0 Å². The van der Waals surface area contributed by atoms with Crippen molar-refractivity contribution in [3.05, 3.63) is 35.1 Å². The summed E-state index contributed by atoms with van der Waals surface area (Å²) in [7, 11) is 0. The summed E-state index contributed by atoms with van der Waals surface area (Å²) in [6.45, 7) is 7.25. The Morgan fingerprint density at radius 2 is 1.67 bits per heavy atom. The van der Waals surface area contributed by atoms with Gasteiger partial charge >= 0.3 is 6.18 Å². The fourth-order valence-corrected chi connectivity index (χ4v) is 1.83. The number of nitrogens with one attached hydrogen (secondary N) is 1. The van der Waals surface area contributed by atoms with E-state index in [1.807, 2.05) is 20.8 Å². The summed E-state index contributed by atoms with van der Waals surface area (Å²) in [6, 6.07) is 2.85. The molecule has 0 aliphatic rings. The second-order valence-electron chi connectivity index (χ2n) is 5.32. The highest BCUT2D eigenvalue weighted by molar-refractivity contribution is 5.30. The lowest BCUT2D eigenvalue weighted by Crippen LogP contribution is -2.38. The van der Waals surface area contributed by atoms with Gasteiger partial charge in [-0.15, -0.1) is 0 Å². The number of benzene rings is 1. The van der Waals surface area contributed by atoms with Crippen LogP contribution in [0.1, 0.15) is 44.9 Å². The van der Waals surface area contributed by atoms with Crippen molar-refractivity contribution in [2.75, 3.05) is 0 Å². The maximum absolute atomic E-state index is 13.8. The molecule has 0 bridgehead atoms. The Labute approximate surface area is 104 Å². The predicted molar refractivity (Wildman–Crippen MR) is 62.7 cm³/mol. The number of hydrogen-bond donors (Lipinski definition) is 1. The average molecular weight is 263 g/mol. The Balaban J connectivity index is 3.12. The first-order valence-corrected chi connectivity index (χ1v) is 5.65. The second-order valence-corrected chi connectivity index (χ2v) is 5.32. The fourth-order valence-electron chi connectivity index (χ4n) is 1.83. The van der Waals surface area contributed by atoms with Crippen LogP contribution in [0.3, 0.4) is 0 Å². The van der Waals surface area contributed by atoms with Gasteiger partial charge in [-0.1, -0.05) is 12.1 Å². The first kappa shape index (κ1) is 15.0. The lowest BCUT2D eigenvalue weighted by Gasteiger charge is -2.27. The monoisotopic (exact) mass is 263 g/mol. The number of rotatable bonds is 2. The molecule has 0 amide bonds. The quantitative estimate of drug-likeness (QED) is 0.785. The van der Waals surface area contributed by atoms with Crippen LogP contribution in [0.4, 0.5) is 17.6 Å². The van der Waals surface area contributed by atoms with E-state index in [2.05, 4.69) is 5.32 Å². The maximum Gasteiger partial charge on any atom is 0.419 e. The Kier molecular flexibility index (Phi) is 4.05. The number of alkyl halides is 3. The zero-order chi connectivity index (χ0) is 14.1. The minimum absolute atomic E-state index is 0.0275. The SMILES string of the molecule is CC(NC(C)(C)C)c1cccc(C(F)(F)F)c1F. The van der Waals surface area contributed by atoms with Gasteiger partial charge in [0.25, 0.3) is 0 Å². The van der Waals surface area contributed by atoms with Gasteiger partial charge in [0.15, 0.2) is 0 Å². The van der Waals surface area contributed by atoms with Crippen molar-refractivity contribution < 1.29 is 17.6 Å². The Morgan fingerprint density at radius 3 is 2.11 bits per heavy atom. The van der Waals surface area contributed by atoms with E-state index in [4.69, 9.17) is 0 Å². The van der Waals surface area contributed by atoms with Crippen LogP contribution in [0, 0.1) is 5.82 Å². The molecule has 1 rings (SSSR count). The van der Waals surface area contributed by atoms with Crippen molar-refractivity contribution in [2.24, 2.45) is 0 Å². The zero-order valence-electron chi connectivity index (χ0n) is 10.8. The molecule has 1 aromatic rings. The molecule has 0 fully saturated rings. The lowest BCUT2D eigenvalue weighted by atomic mass is 10.00. The molecule has 0 spiro atoms. The van der Waals surface area contributed by atoms with Crippen LogP contribution in [0.15, 0.2) is 18.2 Å². The van der Waals surface area contributed by atoms with Crippen LogP contribution >= 0.6 is 0 Å². The third kappa shape index (κ3) is 3.70. The van der Waals surface area contributed by atoms with E-state index in [0.29, 0.717) is 0 Å². The zero-order valence-corrected chi connectivity index (χ0v) is 10.8. The summed E-state index contributed by atoms with van der Waals surface area (Å²) in [5.74, 6) is -1.20. The molecule has 102 valence electrons. The first-order valence-electron chi connectivity index (χ1n) is 5.65. The summed E-state index contributed by atoms with van der Waals surface area (Å²) in [5, 5.41) is 3.05. The molecule has 0 heterocycles. The lowest BCUT2D eigenvalue weighted by molar-refractivity contribution is -0.140. The largest absolute Gasteiger partial charge is 0.419 e. The predicted octanol–water partition coefficient (Wildman–Crippen LogP) is 4.29.